The summed E-state index contributed by atoms with van der Waals surface area (Å²) in [6.45, 7) is 3.68. The topological polar surface area (TPSA) is 104 Å². The summed E-state index contributed by atoms with van der Waals surface area (Å²) in [6, 6.07) is 20.9. The van der Waals surface area contributed by atoms with Gasteiger partial charge in [-0.2, -0.15) is 5.26 Å². The molecule has 2 N–H and O–H groups in total. The minimum absolute atomic E-state index is 0.273. The van der Waals surface area contributed by atoms with Gasteiger partial charge < -0.3 is 10.6 Å². The smallest absolute Gasteiger partial charge is 0.255 e. The van der Waals surface area contributed by atoms with Crippen molar-refractivity contribution in [3.8, 4) is 17.2 Å². The lowest BCUT2D eigenvalue weighted by atomic mass is 9.88. The highest BCUT2D eigenvalue weighted by Crippen LogP contribution is 2.27. The Hall–Kier alpha value is -4.57. The molecular weight excluding hydrogens is 412 g/mol. The highest BCUT2D eigenvalue weighted by atomic mass is 16.1. The summed E-state index contributed by atoms with van der Waals surface area (Å²) < 4.78 is 0. The Bertz CT molecular complexity index is 1310. The Morgan fingerprint density at radius 3 is 2.48 bits per heavy atom. The Labute approximate surface area is 192 Å². The van der Waals surface area contributed by atoms with Crippen molar-refractivity contribution in [2.24, 2.45) is 0 Å². The van der Waals surface area contributed by atoms with Crippen LogP contribution in [0.3, 0.4) is 0 Å². The summed E-state index contributed by atoms with van der Waals surface area (Å²) in [4.78, 5) is 25.7. The van der Waals surface area contributed by atoms with Crippen LogP contribution in [0.1, 0.15) is 29.8 Å². The molecule has 3 heterocycles. The van der Waals surface area contributed by atoms with Gasteiger partial charge in [0.25, 0.3) is 5.91 Å². The molecule has 0 aliphatic rings. The fraction of sp³-hybridized carbons (Fsp3) is 0.115. The Morgan fingerprint density at radius 1 is 0.939 bits per heavy atom. The molecule has 3 aromatic heterocycles. The van der Waals surface area contributed by atoms with Gasteiger partial charge in [-0.3, -0.25) is 9.78 Å². The molecule has 1 aromatic carbocycles. The zero-order valence-corrected chi connectivity index (χ0v) is 18.3. The number of rotatable bonds is 6. The molecule has 0 saturated carbocycles. The van der Waals surface area contributed by atoms with E-state index < -0.39 is 5.41 Å². The van der Waals surface area contributed by atoms with Crippen LogP contribution >= 0.6 is 0 Å². The Morgan fingerprint density at radius 2 is 1.76 bits per heavy atom. The lowest BCUT2D eigenvalue weighted by Gasteiger charge is -2.15. The molecule has 7 nitrogen and oxygen atoms in total. The van der Waals surface area contributed by atoms with Crippen molar-refractivity contribution in [3.63, 3.8) is 0 Å². The monoisotopic (exact) mass is 434 g/mol. The minimum Gasteiger partial charge on any atom is -0.325 e. The van der Waals surface area contributed by atoms with Gasteiger partial charge in [0.2, 0.25) is 0 Å². The van der Waals surface area contributed by atoms with E-state index in [1.807, 2.05) is 56.3 Å². The maximum Gasteiger partial charge on any atom is 0.255 e. The van der Waals surface area contributed by atoms with Gasteiger partial charge in [0.05, 0.1) is 23.4 Å². The van der Waals surface area contributed by atoms with Gasteiger partial charge >= 0.3 is 0 Å². The summed E-state index contributed by atoms with van der Waals surface area (Å²) in [5, 5.41) is 15.3. The van der Waals surface area contributed by atoms with Gasteiger partial charge in [0.15, 0.2) is 0 Å². The summed E-state index contributed by atoms with van der Waals surface area (Å²) >= 11 is 0. The maximum atomic E-state index is 12.9. The Balaban J connectivity index is 1.51. The predicted octanol–water partition coefficient (Wildman–Crippen LogP) is 5.34. The molecule has 0 aliphatic heterocycles. The van der Waals surface area contributed by atoms with E-state index in [-0.39, 0.29) is 5.91 Å². The van der Waals surface area contributed by atoms with Crippen LogP contribution in [-0.2, 0) is 5.41 Å². The standard InChI is InChI=1S/C26H22N6O/c1-26(2,17-27)20-8-9-23(30-15-20)32-24-14-19(10-13-29-24)25(33)31-22-16-28-12-11-21(22)18-6-4-3-5-7-18/h3-16H,1-2H3,(H,31,33)(H,29,30,32). The molecule has 0 atom stereocenters. The molecule has 0 aliphatic carbocycles. The molecule has 7 heteroatoms. The summed E-state index contributed by atoms with van der Waals surface area (Å²) in [5.41, 5.74) is 3.14. The van der Waals surface area contributed by atoms with E-state index >= 15 is 0 Å². The van der Waals surface area contributed by atoms with Crippen LogP contribution in [0.15, 0.2) is 85.5 Å². The van der Waals surface area contributed by atoms with E-state index in [1.54, 1.807) is 43.0 Å². The lowest BCUT2D eigenvalue weighted by molar-refractivity contribution is 0.102. The van der Waals surface area contributed by atoms with Crippen molar-refractivity contribution < 1.29 is 4.79 Å². The average molecular weight is 435 g/mol. The predicted molar refractivity (Wildman–Crippen MR) is 128 cm³/mol. The zero-order valence-electron chi connectivity index (χ0n) is 18.3. The van der Waals surface area contributed by atoms with Gasteiger partial charge in [-0.25, -0.2) is 9.97 Å². The lowest BCUT2D eigenvalue weighted by Crippen LogP contribution is -2.14. The number of amides is 1. The number of anilines is 3. The van der Waals surface area contributed by atoms with Crippen LogP contribution in [0.25, 0.3) is 11.1 Å². The molecule has 1 amide bonds. The Kier molecular flexibility index (Phi) is 6.09. The van der Waals surface area contributed by atoms with Crippen LogP contribution < -0.4 is 10.6 Å². The molecule has 0 bridgehead atoms. The number of pyridine rings is 3. The first-order chi connectivity index (χ1) is 16.0. The number of carbonyl (C=O) groups excluding carboxylic acids is 1. The molecule has 4 aromatic rings. The van der Waals surface area contributed by atoms with Crippen molar-refractivity contribution in [1.82, 2.24) is 15.0 Å². The van der Waals surface area contributed by atoms with Crippen molar-refractivity contribution in [1.29, 1.82) is 5.26 Å². The molecule has 0 fully saturated rings. The SMILES string of the molecule is CC(C)(C#N)c1ccc(Nc2cc(C(=O)Nc3cnccc3-c3ccccc3)ccn2)nc1. The normalized spacial score (nSPS) is 10.8. The van der Waals surface area contributed by atoms with E-state index in [0.717, 1.165) is 16.7 Å². The number of nitrogens with zero attached hydrogens (tertiary/aromatic N) is 4. The van der Waals surface area contributed by atoms with Crippen molar-refractivity contribution in [2.45, 2.75) is 19.3 Å². The van der Waals surface area contributed by atoms with E-state index in [4.69, 9.17) is 0 Å². The van der Waals surface area contributed by atoms with Crippen LogP contribution in [-0.4, -0.2) is 20.9 Å². The van der Waals surface area contributed by atoms with Crippen LogP contribution in [0.2, 0.25) is 0 Å². The third kappa shape index (κ3) is 5.02. The van der Waals surface area contributed by atoms with Gasteiger partial charge in [0.1, 0.15) is 11.6 Å². The second kappa shape index (κ2) is 9.28. The minimum atomic E-state index is -0.618. The molecular formula is C26H22N6O. The molecule has 162 valence electrons. The number of nitrogens with one attached hydrogen (secondary N) is 2. The molecule has 33 heavy (non-hydrogen) atoms. The average Bonchev–Trinajstić information content (AvgIpc) is 2.85. The van der Waals surface area contributed by atoms with E-state index in [1.165, 1.54) is 0 Å². The summed E-state index contributed by atoms with van der Waals surface area (Å²) in [6.07, 6.45) is 6.55. The summed E-state index contributed by atoms with van der Waals surface area (Å²) in [5.74, 6) is 0.776. The van der Waals surface area contributed by atoms with E-state index in [0.29, 0.717) is 22.9 Å². The second-order valence-corrected chi connectivity index (χ2v) is 7.97. The fourth-order valence-corrected chi connectivity index (χ4v) is 3.23. The number of hydrogen-bond donors (Lipinski definition) is 2. The van der Waals surface area contributed by atoms with Gasteiger partial charge in [0, 0.05) is 29.7 Å². The van der Waals surface area contributed by atoms with Crippen molar-refractivity contribution >= 4 is 23.2 Å². The molecule has 0 spiro atoms. The van der Waals surface area contributed by atoms with E-state index in [2.05, 4.69) is 31.7 Å². The highest BCUT2D eigenvalue weighted by Gasteiger charge is 2.20. The van der Waals surface area contributed by atoms with Crippen LogP contribution in [0.5, 0.6) is 0 Å². The molecule has 0 saturated heterocycles. The first kappa shape index (κ1) is 21.7. The number of benzene rings is 1. The van der Waals surface area contributed by atoms with Crippen molar-refractivity contribution in [3.05, 3.63) is 96.6 Å². The maximum absolute atomic E-state index is 12.9. The van der Waals surface area contributed by atoms with Gasteiger partial charge in [-0.1, -0.05) is 36.4 Å². The van der Waals surface area contributed by atoms with Crippen LogP contribution in [0.4, 0.5) is 17.3 Å². The first-order valence-corrected chi connectivity index (χ1v) is 10.4. The van der Waals surface area contributed by atoms with Gasteiger partial charge in [-0.05, 0) is 49.2 Å². The van der Waals surface area contributed by atoms with Crippen molar-refractivity contribution in [2.75, 3.05) is 10.6 Å². The molecule has 0 unspecified atom stereocenters. The third-order valence-electron chi connectivity index (χ3n) is 5.20. The second-order valence-electron chi connectivity index (χ2n) is 7.97. The number of nitriles is 1. The number of hydrogen-bond acceptors (Lipinski definition) is 6. The number of aromatic nitrogens is 3. The molecule has 4 rings (SSSR count). The van der Waals surface area contributed by atoms with Gasteiger partial charge in [-0.15, -0.1) is 0 Å². The highest BCUT2D eigenvalue weighted by molar-refractivity contribution is 6.06. The number of carbonyl (C=O) groups is 1. The largest absolute Gasteiger partial charge is 0.325 e. The van der Waals surface area contributed by atoms with E-state index in [9.17, 15) is 10.1 Å². The molecule has 0 radical (unpaired) electrons. The fourth-order valence-electron chi connectivity index (χ4n) is 3.23. The quantitative estimate of drug-likeness (QED) is 0.425. The third-order valence-corrected chi connectivity index (χ3v) is 5.20. The zero-order chi connectivity index (χ0) is 23.3. The summed E-state index contributed by atoms with van der Waals surface area (Å²) in [7, 11) is 0. The first-order valence-electron chi connectivity index (χ1n) is 10.4. The van der Waals surface area contributed by atoms with Crippen LogP contribution in [0, 0.1) is 11.3 Å².